The van der Waals surface area contributed by atoms with Crippen molar-refractivity contribution >= 4 is 17.2 Å². The van der Waals surface area contributed by atoms with Crippen LogP contribution in [0.3, 0.4) is 0 Å². The van der Waals surface area contributed by atoms with Crippen molar-refractivity contribution in [3.8, 4) is 5.75 Å². The average molecular weight is 250 g/mol. The third-order valence-corrected chi connectivity index (χ3v) is 2.79. The Morgan fingerprint density at radius 2 is 2.47 bits per heavy atom. The molecule has 0 spiro atoms. The van der Waals surface area contributed by atoms with Gasteiger partial charge in [-0.3, -0.25) is 15.2 Å². The van der Waals surface area contributed by atoms with E-state index >= 15 is 0 Å². The van der Waals surface area contributed by atoms with Crippen LogP contribution in [0.1, 0.15) is 15.5 Å². The van der Waals surface area contributed by atoms with E-state index in [1.165, 1.54) is 11.3 Å². The average Bonchev–Trinajstić information content (AvgIpc) is 2.85. The summed E-state index contributed by atoms with van der Waals surface area (Å²) in [6.45, 7) is 0.292. The van der Waals surface area contributed by atoms with E-state index in [1.54, 1.807) is 29.9 Å². The third-order valence-electron chi connectivity index (χ3n) is 1.90. The Bertz CT molecular complexity index is 500. The van der Waals surface area contributed by atoms with E-state index in [0.29, 0.717) is 23.1 Å². The summed E-state index contributed by atoms with van der Waals surface area (Å²) in [4.78, 5) is 19.2. The second kappa shape index (κ2) is 5.37. The summed E-state index contributed by atoms with van der Waals surface area (Å²) < 4.78 is 5.44. The molecule has 0 aliphatic heterocycles. The van der Waals surface area contributed by atoms with Gasteiger partial charge in [0.2, 0.25) is 0 Å². The quantitative estimate of drug-likeness (QED) is 0.474. The van der Waals surface area contributed by atoms with Crippen molar-refractivity contribution in [1.82, 2.24) is 15.4 Å². The van der Waals surface area contributed by atoms with Crippen LogP contribution < -0.4 is 16.0 Å². The molecular weight excluding hydrogens is 240 g/mol. The van der Waals surface area contributed by atoms with Crippen LogP contribution >= 0.6 is 11.3 Å². The monoisotopic (exact) mass is 250 g/mol. The SMILES string of the molecule is NNC(=O)c1nc(COc2cccnc2)cs1. The number of nitrogens with two attached hydrogens (primary N) is 1. The summed E-state index contributed by atoms with van der Waals surface area (Å²) in [6, 6.07) is 3.58. The second-order valence-corrected chi connectivity index (χ2v) is 3.95. The lowest BCUT2D eigenvalue weighted by atomic mass is 10.4. The molecule has 0 unspecified atom stereocenters. The van der Waals surface area contributed by atoms with Crippen molar-refractivity contribution in [1.29, 1.82) is 0 Å². The summed E-state index contributed by atoms with van der Waals surface area (Å²) >= 11 is 1.22. The van der Waals surface area contributed by atoms with E-state index < -0.39 is 5.91 Å². The number of nitrogens with one attached hydrogen (secondary N) is 1. The summed E-state index contributed by atoms with van der Waals surface area (Å²) in [5, 5.41) is 2.07. The highest BCUT2D eigenvalue weighted by atomic mass is 32.1. The molecule has 0 saturated heterocycles. The van der Waals surface area contributed by atoms with Crippen LogP contribution in [-0.4, -0.2) is 15.9 Å². The van der Waals surface area contributed by atoms with Gasteiger partial charge in [-0.25, -0.2) is 10.8 Å². The number of hydrazine groups is 1. The molecule has 88 valence electrons. The van der Waals surface area contributed by atoms with Crippen LogP contribution in [0.2, 0.25) is 0 Å². The van der Waals surface area contributed by atoms with E-state index in [4.69, 9.17) is 10.6 Å². The number of pyridine rings is 1. The lowest BCUT2D eigenvalue weighted by molar-refractivity contribution is 0.0953. The van der Waals surface area contributed by atoms with E-state index in [-0.39, 0.29) is 0 Å². The number of ether oxygens (including phenoxy) is 1. The Morgan fingerprint density at radius 1 is 1.59 bits per heavy atom. The Labute approximate surface area is 101 Å². The number of aromatic nitrogens is 2. The number of rotatable bonds is 4. The normalized spacial score (nSPS) is 9.94. The lowest BCUT2D eigenvalue weighted by Gasteiger charge is -2.02. The first-order valence-electron chi connectivity index (χ1n) is 4.78. The number of carbonyl (C=O) groups is 1. The molecule has 0 aliphatic rings. The van der Waals surface area contributed by atoms with Gasteiger partial charge in [-0.05, 0) is 12.1 Å². The minimum Gasteiger partial charge on any atom is -0.486 e. The van der Waals surface area contributed by atoms with Crippen LogP contribution in [0, 0.1) is 0 Å². The molecule has 0 fully saturated rings. The van der Waals surface area contributed by atoms with E-state index in [0.717, 1.165) is 0 Å². The lowest BCUT2D eigenvalue weighted by Crippen LogP contribution is -2.29. The molecule has 0 saturated carbocycles. The van der Waals surface area contributed by atoms with Gasteiger partial charge in [-0.15, -0.1) is 11.3 Å². The molecule has 1 amide bonds. The van der Waals surface area contributed by atoms with Gasteiger partial charge >= 0.3 is 0 Å². The molecule has 0 aromatic carbocycles. The first-order valence-corrected chi connectivity index (χ1v) is 5.65. The molecule has 0 radical (unpaired) electrons. The molecule has 3 N–H and O–H groups in total. The molecule has 2 aromatic rings. The van der Waals surface area contributed by atoms with Gasteiger partial charge in [-0.1, -0.05) is 0 Å². The zero-order valence-electron chi connectivity index (χ0n) is 8.79. The Morgan fingerprint density at radius 3 is 3.18 bits per heavy atom. The number of hydrogen-bond acceptors (Lipinski definition) is 6. The number of carbonyl (C=O) groups excluding carboxylic acids is 1. The van der Waals surface area contributed by atoms with Gasteiger partial charge in [0.25, 0.3) is 5.91 Å². The van der Waals surface area contributed by atoms with E-state index in [1.807, 2.05) is 5.43 Å². The molecule has 0 bridgehead atoms. The van der Waals surface area contributed by atoms with Gasteiger partial charge in [0.15, 0.2) is 5.01 Å². The molecule has 2 rings (SSSR count). The zero-order chi connectivity index (χ0) is 12.1. The first-order chi connectivity index (χ1) is 8.29. The highest BCUT2D eigenvalue weighted by Crippen LogP contribution is 2.13. The van der Waals surface area contributed by atoms with Crippen molar-refractivity contribution in [3.63, 3.8) is 0 Å². The number of thiazole rings is 1. The molecule has 2 heterocycles. The molecule has 2 aromatic heterocycles. The van der Waals surface area contributed by atoms with E-state index in [9.17, 15) is 4.79 Å². The molecule has 0 aliphatic carbocycles. The Balaban J connectivity index is 1.96. The molecule has 0 atom stereocenters. The van der Waals surface area contributed by atoms with Gasteiger partial charge in [-0.2, -0.15) is 0 Å². The summed E-state index contributed by atoms with van der Waals surface area (Å²) in [6.07, 6.45) is 3.28. The topological polar surface area (TPSA) is 90.1 Å². The van der Waals surface area contributed by atoms with Crippen LogP contribution in [0.5, 0.6) is 5.75 Å². The van der Waals surface area contributed by atoms with Gasteiger partial charge in [0, 0.05) is 11.6 Å². The first kappa shape index (κ1) is 11.5. The van der Waals surface area contributed by atoms with Gasteiger partial charge in [0.05, 0.1) is 11.9 Å². The molecular formula is C10H10N4O2S. The maximum atomic E-state index is 11.2. The highest BCUT2D eigenvalue weighted by molar-refractivity contribution is 7.11. The largest absolute Gasteiger partial charge is 0.486 e. The van der Waals surface area contributed by atoms with E-state index in [2.05, 4.69) is 9.97 Å². The standard InChI is InChI=1S/C10H10N4O2S/c11-14-9(15)10-13-7(6-17-10)5-16-8-2-1-3-12-4-8/h1-4,6H,5,11H2,(H,14,15). The fourth-order valence-corrected chi connectivity index (χ4v) is 1.83. The number of nitrogen functional groups attached to an aromatic ring is 1. The zero-order valence-corrected chi connectivity index (χ0v) is 9.61. The maximum absolute atomic E-state index is 11.2. The predicted octanol–water partition coefficient (Wildman–Crippen LogP) is 0.721. The third kappa shape index (κ3) is 2.99. The fraction of sp³-hybridized carbons (Fsp3) is 0.100. The number of amides is 1. The minimum absolute atomic E-state index is 0.292. The van der Waals surface area contributed by atoms with Gasteiger partial charge < -0.3 is 4.74 Å². The van der Waals surface area contributed by atoms with Crippen molar-refractivity contribution in [2.24, 2.45) is 5.84 Å². The van der Waals surface area contributed by atoms with Crippen molar-refractivity contribution < 1.29 is 9.53 Å². The maximum Gasteiger partial charge on any atom is 0.294 e. The summed E-state index contributed by atoms with van der Waals surface area (Å²) in [5.74, 6) is 5.26. The van der Waals surface area contributed by atoms with Gasteiger partial charge in [0.1, 0.15) is 12.4 Å². The second-order valence-electron chi connectivity index (χ2n) is 3.09. The minimum atomic E-state index is -0.400. The fourth-order valence-electron chi connectivity index (χ4n) is 1.13. The smallest absolute Gasteiger partial charge is 0.294 e. The summed E-state index contributed by atoms with van der Waals surface area (Å²) in [7, 11) is 0. The van der Waals surface area contributed by atoms with Crippen LogP contribution in [-0.2, 0) is 6.61 Å². The van der Waals surface area contributed by atoms with Crippen molar-refractivity contribution in [3.05, 3.63) is 40.6 Å². The summed E-state index contributed by atoms with van der Waals surface area (Å²) in [5.41, 5.74) is 2.70. The number of hydrogen-bond donors (Lipinski definition) is 2. The van der Waals surface area contributed by atoms with Crippen LogP contribution in [0.15, 0.2) is 29.9 Å². The number of nitrogens with zero attached hydrogens (tertiary/aromatic N) is 2. The molecule has 17 heavy (non-hydrogen) atoms. The molecule has 7 heteroatoms. The Kier molecular flexibility index (Phi) is 3.63. The van der Waals surface area contributed by atoms with Crippen LogP contribution in [0.4, 0.5) is 0 Å². The Hall–Kier alpha value is -1.99. The van der Waals surface area contributed by atoms with Crippen molar-refractivity contribution in [2.45, 2.75) is 6.61 Å². The highest BCUT2D eigenvalue weighted by Gasteiger charge is 2.09. The van der Waals surface area contributed by atoms with Crippen molar-refractivity contribution in [2.75, 3.05) is 0 Å². The van der Waals surface area contributed by atoms with Crippen LogP contribution in [0.25, 0.3) is 0 Å². The molecule has 6 nitrogen and oxygen atoms in total. The predicted molar refractivity (Wildman–Crippen MR) is 62.3 cm³/mol.